The minimum atomic E-state index is -0.711. The lowest BCUT2D eigenvalue weighted by atomic mass is 9.74. The third-order valence-corrected chi connectivity index (χ3v) is 21.8. The average molecular weight is 1190 g/mol. The summed E-state index contributed by atoms with van der Waals surface area (Å²) in [5.41, 5.74) is 38.5. The second kappa shape index (κ2) is 25.2. The van der Waals surface area contributed by atoms with Gasteiger partial charge >= 0.3 is 0 Å². The molecule has 18 nitrogen and oxygen atoms in total. The van der Waals surface area contributed by atoms with Crippen molar-refractivity contribution in [1.82, 2.24) is 44.9 Å². The van der Waals surface area contributed by atoms with Gasteiger partial charge in [-0.05, 0) is 118 Å². The van der Waals surface area contributed by atoms with Gasteiger partial charge in [-0.3, -0.25) is 4.98 Å². The van der Waals surface area contributed by atoms with Gasteiger partial charge in [-0.15, -0.1) is 0 Å². The van der Waals surface area contributed by atoms with Crippen molar-refractivity contribution in [2.75, 3.05) is 71.2 Å². The van der Waals surface area contributed by atoms with E-state index in [1.54, 1.807) is 43.2 Å². The molecule has 0 bridgehead atoms. The minimum Gasteiger partial charge on any atom is -0.381 e. The number of nitrogen functional groups attached to an aromatic ring is 3. The molecular formula is C54H68Cl3FN18S3. The van der Waals surface area contributed by atoms with Crippen LogP contribution >= 0.6 is 70.1 Å². The highest BCUT2D eigenvalue weighted by Gasteiger charge is 2.45. The number of aromatic nitrogens is 9. The van der Waals surface area contributed by atoms with Crippen molar-refractivity contribution in [2.24, 2.45) is 33.4 Å². The highest BCUT2D eigenvalue weighted by molar-refractivity contribution is 8.00. The van der Waals surface area contributed by atoms with E-state index >= 15 is 0 Å². The Kier molecular flexibility index (Phi) is 18.3. The molecule has 3 spiro atoms. The standard InChI is InChI=1S/C18H22ClFN6S.2C18H23ClN6S/c19-14-11(3-7-23-15(14)20)27-17-16(22)25-13(10-24-17)26-8-5-18(6-9-26)4-1-2-12(18)21;19-15-12(3-2-8-22-15)26-17-16(21)24-14(11-23-17)25-9-6-18(7-10-25)5-1-4-13(18)20;19-12-10-22-7-3-13(12)26-17-16(21)24-15(11-23-17)25-8-5-18(6-9-25)4-1-2-14(18)20/h3,7,10,12H,1-2,4-6,8-9,21H2,(H2,22,25);2-3,8,11,13H,1,4-7,9-10,20H2,(H2,21,24);3,7,10-11,14H,1-2,4-6,8-9,20H2,(H2,21,24)/t12-;13-;14-/m111/s1. The smallest absolute Gasteiger partial charge is 0.232 e. The van der Waals surface area contributed by atoms with Crippen LogP contribution in [-0.2, 0) is 0 Å². The SMILES string of the molecule is Nc1nc(N2CCC3(CCC[C@H]3N)CC2)cnc1Sc1cccnc1Cl.Nc1nc(N2CCC3(CCC[C@H]3N)CC2)cnc1Sc1ccnc(F)c1Cl.Nc1nc(N2CCC3(CCC[C@H]3N)CC2)cnc1Sc1ccncc1Cl. The number of anilines is 6. The summed E-state index contributed by atoms with van der Waals surface area (Å²) in [7, 11) is 0. The second-order valence-electron chi connectivity index (χ2n) is 21.6. The zero-order valence-corrected chi connectivity index (χ0v) is 48.7. The molecule has 0 amide bonds. The van der Waals surface area contributed by atoms with Crippen LogP contribution in [0.25, 0.3) is 0 Å². The van der Waals surface area contributed by atoms with Crippen LogP contribution in [0.2, 0.25) is 15.2 Å². The van der Waals surface area contributed by atoms with Crippen molar-refractivity contribution in [3.63, 3.8) is 0 Å². The van der Waals surface area contributed by atoms with E-state index in [0.29, 0.717) is 82.0 Å². The fraction of sp³-hybridized carbons (Fsp3) is 0.500. The Balaban J connectivity index is 0.000000134. The zero-order valence-electron chi connectivity index (χ0n) is 44.0. The van der Waals surface area contributed by atoms with E-state index in [1.165, 1.54) is 80.0 Å². The van der Waals surface area contributed by atoms with E-state index in [0.717, 1.165) is 124 Å². The van der Waals surface area contributed by atoms with Gasteiger partial charge in [-0.1, -0.05) is 89.4 Å². The average Bonchev–Trinajstić information content (AvgIpc) is 4.12. The Morgan fingerprint density at radius 1 is 0.481 bits per heavy atom. The molecule has 3 atom stereocenters. The summed E-state index contributed by atoms with van der Waals surface area (Å²) < 4.78 is 13.5. The van der Waals surface area contributed by atoms with E-state index in [4.69, 9.17) is 69.2 Å². The van der Waals surface area contributed by atoms with Crippen molar-refractivity contribution in [3.8, 4) is 0 Å². The molecule has 79 heavy (non-hydrogen) atoms. The Morgan fingerprint density at radius 2 is 0.886 bits per heavy atom. The molecule has 420 valence electrons. The first-order valence-corrected chi connectivity index (χ1v) is 30.6. The van der Waals surface area contributed by atoms with E-state index in [-0.39, 0.29) is 5.02 Å². The number of pyridine rings is 3. The summed E-state index contributed by atoms with van der Waals surface area (Å²) in [6, 6.07) is 8.22. The Morgan fingerprint density at radius 3 is 1.27 bits per heavy atom. The molecule has 9 heterocycles. The first-order chi connectivity index (χ1) is 38.1. The summed E-state index contributed by atoms with van der Waals surface area (Å²) in [5, 5.41) is 2.79. The molecule has 6 aromatic rings. The predicted octanol–water partition coefficient (Wildman–Crippen LogP) is 10.2. The molecule has 6 aromatic heterocycles. The van der Waals surface area contributed by atoms with Crippen LogP contribution in [-0.4, -0.2) is 102 Å². The van der Waals surface area contributed by atoms with Crippen molar-refractivity contribution < 1.29 is 4.39 Å². The molecule has 25 heteroatoms. The molecule has 0 aromatic carbocycles. The largest absolute Gasteiger partial charge is 0.381 e. The second-order valence-corrected chi connectivity index (χ2v) is 25.9. The van der Waals surface area contributed by atoms with Gasteiger partial charge in [-0.2, -0.15) is 4.39 Å². The summed E-state index contributed by atoms with van der Waals surface area (Å²) in [4.78, 5) is 47.7. The topological polar surface area (TPSA) is 282 Å². The summed E-state index contributed by atoms with van der Waals surface area (Å²) >= 11 is 22.2. The van der Waals surface area contributed by atoms with Crippen molar-refractivity contribution >= 4 is 105 Å². The van der Waals surface area contributed by atoms with Crippen molar-refractivity contribution in [3.05, 3.63) is 88.8 Å². The normalized spacial score (nSPS) is 22.0. The maximum absolute atomic E-state index is 13.5. The molecular weight excluding hydrogens is 1120 g/mol. The predicted molar refractivity (Wildman–Crippen MR) is 317 cm³/mol. The number of hydrogen-bond acceptors (Lipinski definition) is 21. The van der Waals surface area contributed by atoms with Gasteiger partial charge in [0.25, 0.3) is 0 Å². The fourth-order valence-electron chi connectivity index (χ4n) is 12.4. The summed E-state index contributed by atoms with van der Waals surface area (Å²) in [6.45, 7) is 5.67. The molecule has 6 fully saturated rings. The number of nitrogens with zero attached hydrogens (tertiary/aromatic N) is 12. The number of nitrogens with two attached hydrogens (primary N) is 6. The van der Waals surface area contributed by atoms with Crippen LogP contribution < -0.4 is 49.1 Å². The van der Waals surface area contributed by atoms with E-state index in [1.807, 2.05) is 18.2 Å². The lowest BCUT2D eigenvalue weighted by Gasteiger charge is -2.42. The fourth-order valence-corrected chi connectivity index (χ4v) is 15.4. The van der Waals surface area contributed by atoms with E-state index < -0.39 is 5.95 Å². The Bertz CT molecular complexity index is 2940. The van der Waals surface area contributed by atoms with Crippen molar-refractivity contribution in [2.45, 2.75) is 144 Å². The van der Waals surface area contributed by atoms with E-state index in [2.05, 4.69) is 59.6 Å². The van der Waals surface area contributed by atoms with Crippen LogP contribution in [0.4, 0.5) is 39.3 Å². The van der Waals surface area contributed by atoms with Crippen LogP contribution in [0.5, 0.6) is 0 Å². The van der Waals surface area contributed by atoms with E-state index in [9.17, 15) is 4.39 Å². The highest BCUT2D eigenvalue weighted by Crippen LogP contribution is 2.49. The van der Waals surface area contributed by atoms with Crippen LogP contribution in [0.15, 0.2) is 97.4 Å². The molecule has 12 rings (SSSR count). The zero-order chi connectivity index (χ0) is 55.3. The quantitative estimate of drug-likeness (QED) is 0.0734. The monoisotopic (exact) mass is 1190 g/mol. The maximum Gasteiger partial charge on any atom is 0.232 e. The van der Waals surface area contributed by atoms with Gasteiger partial charge < -0.3 is 49.1 Å². The summed E-state index contributed by atoms with van der Waals surface area (Å²) in [5.74, 6) is 2.90. The molecule has 0 unspecified atom stereocenters. The molecule has 0 radical (unpaired) electrons. The molecule has 3 aliphatic carbocycles. The number of rotatable bonds is 9. The third-order valence-electron chi connectivity index (χ3n) is 17.3. The number of halogens is 4. The Labute approximate surface area is 488 Å². The molecule has 3 saturated heterocycles. The molecule has 12 N–H and O–H groups in total. The maximum atomic E-state index is 13.5. The Hall–Kier alpha value is -4.78. The van der Waals surface area contributed by atoms with Gasteiger partial charge in [0.1, 0.15) is 42.7 Å². The van der Waals surface area contributed by atoms with Gasteiger partial charge in [0, 0.05) is 92.0 Å². The first-order valence-electron chi connectivity index (χ1n) is 27.1. The first kappa shape index (κ1) is 57.5. The number of piperidine rings is 3. The van der Waals surface area contributed by atoms with Crippen LogP contribution in [0, 0.1) is 22.2 Å². The third kappa shape index (κ3) is 13.0. The summed E-state index contributed by atoms with van der Waals surface area (Å²) in [6.07, 6.45) is 29.3. The van der Waals surface area contributed by atoms with Gasteiger partial charge in [0.15, 0.2) is 17.5 Å². The molecule has 3 aliphatic heterocycles. The van der Waals surface area contributed by atoms with Crippen LogP contribution in [0.1, 0.15) is 96.3 Å². The van der Waals surface area contributed by atoms with Crippen LogP contribution in [0.3, 0.4) is 0 Å². The molecule has 3 saturated carbocycles. The van der Waals surface area contributed by atoms with Gasteiger partial charge in [-0.25, -0.2) is 39.9 Å². The lowest BCUT2D eigenvalue weighted by Crippen LogP contribution is -2.47. The number of hydrogen-bond donors (Lipinski definition) is 6. The van der Waals surface area contributed by atoms with Gasteiger partial charge in [0.2, 0.25) is 5.95 Å². The highest BCUT2D eigenvalue weighted by atomic mass is 35.5. The van der Waals surface area contributed by atoms with Crippen molar-refractivity contribution in [1.29, 1.82) is 0 Å². The molecule has 6 aliphatic rings. The lowest BCUT2D eigenvalue weighted by molar-refractivity contribution is 0.197. The van der Waals surface area contributed by atoms with Gasteiger partial charge in [0.05, 0.1) is 28.5 Å². The minimum absolute atomic E-state index is 0.0398.